The van der Waals surface area contributed by atoms with Crippen LogP contribution in [0.4, 0.5) is 4.79 Å². The van der Waals surface area contributed by atoms with E-state index in [1.807, 2.05) is 37.3 Å². The molecule has 4 aromatic rings. The lowest BCUT2D eigenvalue weighted by Gasteiger charge is -2.23. The number of furan rings is 1. The van der Waals surface area contributed by atoms with Crippen molar-refractivity contribution in [1.82, 2.24) is 19.8 Å². The number of carbonyl (C=O) groups is 1. The number of ether oxygens (including phenoxy) is 1. The van der Waals surface area contributed by atoms with Crippen LogP contribution in [0.2, 0.25) is 0 Å². The number of aromatic nitrogens is 2. The van der Waals surface area contributed by atoms with Crippen molar-refractivity contribution < 1.29 is 13.9 Å². The van der Waals surface area contributed by atoms with Gasteiger partial charge in [0.1, 0.15) is 11.3 Å². The molecule has 160 valence electrons. The number of pyridine rings is 1. The zero-order valence-electron chi connectivity index (χ0n) is 17.4. The molecule has 0 bridgehead atoms. The molecule has 9 heteroatoms. The van der Waals surface area contributed by atoms with Crippen LogP contribution in [0, 0.1) is 0 Å². The molecule has 2 unspecified atom stereocenters. The van der Waals surface area contributed by atoms with Crippen LogP contribution in [0.25, 0.3) is 21.3 Å². The van der Waals surface area contributed by atoms with Gasteiger partial charge in [-0.1, -0.05) is 11.3 Å². The number of amides is 2. The number of nitrogens with two attached hydrogens (primary N) is 1. The second-order valence-electron chi connectivity index (χ2n) is 8.03. The van der Waals surface area contributed by atoms with Crippen molar-refractivity contribution in [3.8, 4) is 10.9 Å². The first-order chi connectivity index (χ1) is 14.9. The third kappa shape index (κ3) is 3.82. The number of hydrogen-bond acceptors (Lipinski definition) is 7. The maximum absolute atomic E-state index is 11.5. The Morgan fingerprint density at radius 2 is 2.29 bits per heavy atom. The fourth-order valence-electron chi connectivity index (χ4n) is 3.88. The van der Waals surface area contributed by atoms with Gasteiger partial charge in [-0.2, -0.15) is 4.98 Å². The lowest BCUT2D eigenvalue weighted by Crippen LogP contribution is -2.42. The van der Waals surface area contributed by atoms with Crippen molar-refractivity contribution in [3.63, 3.8) is 0 Å². The highest BCUT2D eigenvalue weighted by atomic mass is 32.1. The summed E-state index contributed by atoms with van der Waals surface area (Å²) >= 11 is 1.46. The number of urea groups is 1. The number of benzene rings is 1. The number of likely N-dealkylation sites (N-methyl/N-ethyl adjacent to an activating group) is 1. The molecule has 5 rings (SSSR count). The lowest BCUT2D eigenvalue weighted by molar-refractivity contribution is 0.199. The summed E-state index contributed by atoms with van der Waals surface area (Å²) in [5.74, 6) is 0.670. The summed E-state index contributed by atoms with van der Waals surface area (Å²) in [4.78, 5) is 24.2. The average molecular weight is 438 g/mol. The van der Waals surface area contributed by atoms with E-state index in [1.54, 1.807) is 17.4 Å². The van der Waals surface area contributed by atoms with E-state index < -0.39 is 0 Å². The highest BCUT2D eigenvalue weighted by Gasteiger charge is 2.48. The molecule has 0 radical (unpaired) electrons. The van der Waals surface area contributed by atoms with E-state index in [9.17, 15) is 4.79 Å². The summed E-state index contributed by atoms with van der Waals surface area (Å²) in [6.45, 7) is 7.00. The molecular weight excluding hydrogens is 414 g/mol. The molecule has 2 amide bonds. The zero-order chi connectivity index (χ0) is 21.6. The van der Waals surface area contributed by atoms with E-state index in [1.165, 1.54) is 11.3 Å². The monoisotopic (exact) mass is 437 g/mol. The Hall–Kier alpha value is -3.17. The normalized spacial score (nSPS) is 20.3. The largest absolute Gasteiger partial charge is 0.464 e. The van der Waals surface area contributed by atoms with Crippen LogP contribution >= 0.6 is 11.3 Å². The molecule has 1 aromatic carbocycles. The van der Waals surface area contributed by atoms with Crippen molar-refractivity contribution in [2.24, 2.45) is 5.73 Å². The second-order valence-corrected chi connectivity index (χ2v) is 9.02. The van der Waals surface area contributed by atoms with E-state index in [0.29, 0.717) is 29.7 Å². The third-order valence-corrected chi connectivity index (χ3v) is 6.64. The Bertz CT molecular complexity index is 1240. The van der Waals surface area contributed by atoms with Crippen LogP contribution in [0.5, 0.6) is 10.9 Å². The maximum atomic E-state index is 11.5. The van der Waals surface area contributed by atoms with Crippen LogP contribution < -0.4 is 10.5 Å². The van der Waals surface area contributed by atoms with E-state index in [2.05, 4.69) is 21.8 Å². The van der Waals surface area contributed by atoms with Crippen molar-refractivity contribution in [2.45, 2.75) is 25.9 Å². The Balaban J connectivity index is 1.29. The molecule has 0 spiro atoms. The molecule has 3 aromatic heterocycles. The second kappa shape index (κ2) is 7.51. The molecule has 1 saturated heterocycles. The molecule has 0 aliphatic carbocycles. The minimum atomic E-state index is -0.374. The Morgan fingerprint density at radius 3 is 3.06 bits per heavy atom. The van der Waals surface area contributed by atoms with Gasteiger partial charge in [0.05, 0.1) is 11.0 Å². The summed E-state index contributed by atoms with van der Waals surface area (Å²) in [5, 5.41) is 1.60. The van der Waals surface area contributed by atoms with Gasteiger partial charge in [-0.05, 0) is 38.1 Å². The molecule has 8 nitrogen and oxygen atoms in total. The number of carbonyl (C=O) groups excluding carboxylic acids is 1. The van der Waals surface area contributed by atoms with Gasteiger partial charge in [-0.3, -0.25) is 4.90 Å². The third-order valence-electron chi connectivity index (χ3n) is 5.76. The van der Waals surface area contributed by atoms with Gasteiger partial charge in [-0.25, -0.2) is 9.78 Å². The van der Waals surface area contributed by atoms with Gasteiger partial charge in [0.15, 0.2) is 5.65 Å². The van der Waals surface area contributed by atoms with Crippen LogP contribution in [0.3, 0.4) is 0 Å². The van der Waals surface area contributed by atoms with Crippen LogP contribution in [-0.4, -0.2) is 51.0 Å². The molecule has 1 fully saturated rings. The molecule has 2 atom stereocenters. The first-order valence-electron chi connectivity index (χ1n) is 10.1. The standard InChI is InChI=1S/C22H23N5O3S/c1-3-26(20(23)28)12-22(2)13-27(22)10-14-11-29-17-9-15(6-7-16(14)17)30-21-25-19-18(31-21)5-4-8-24-19/h4-9,11H,3,10,12-13H2,1-2H3,(H2,23,28). The topological polar surface area (TPSA) is 97.5 Å². The quantitative estimate of drug-likeness (QED) is 0.435. The number of hydrogen-bond donors (Lipinski definition) is 1. The number of thiazole rings is 1. The molecule has 4 heterocycles. The fourth-order valence-corrected chi connectivity index (χ4v) is 4.67. The molecule has 1 aliphatic rings. The first kappa shape index (κ1) is 19.8. The van der Waals surface area contributed by atoms with Crippen LogP contribution in [-0.2, 0) is 6.54 Å². The Labute approximate surface area is 183 Å². The maximum Gasteiger partial charge on any atom is 0.314 e. The molecule has 0 saturated carbocycles. The van der Waals surface area contributed by atoms with Crippen molar-refractivity contribution in [3.05, 3.63) is 48.4 Å². The minimum absolute atomic E-state index is 0.0570. The van der Waals surface area contributed by atoms with Crippen LogP contribution in [0.15, 0.2) is 47.2 Å². The summed E-state index contributed by atoms with van der Waals surface area (Å²) in [5.41, 5.74) is 7.96. The van der Waals surface area contributed by atoms with Crippen molar-refractivity contribution >= 4 is 38.7 Å². The predicted octanol–water partition coefficient (Wildman–Crippen LogP) is 4.20. The number of fused-ring (bicyclic) bond motifs is 2. The number of nitrogens with zero attached hydrogens (tertiary/aromatic N) is 4. The van der Waals surface area contributed by atoms with Gasteiger partial charge < -0.3 is 19.8 Å². The lowest BCUT2D eigenvalue weighted by atomic mass is 10.1. The summed E-state index contributed by atoms with van der Waals surface area (Å²) < 4.78 is 12.7. The number of primary amides is 1. The first-order valence-corrected chi connectivity index (χ1v) is 11.0. The van der Waals surface area contributed by atoms with Gasteiger partial charge in [0.2, 0.25) is 0 Å². The van der Waals surface area contributed by atoms with Gasteiger partial charge in [-0.15, -0.1) is 0 Å². The van der Waals surface area contributed by atoms with Gasteiger partial charge in [0, 0.05) is 54.9 Å². The molecule has 31 heavy (non-hydrogen) atoms. The van der Waals surface area contributed by atoms with E-state index in [0.717, 1.165) is 34.3 Å². The highest BCUT2D eigenvalue weighted by Crippen LogP contribution is 2.37. The van der Waals surface area contributed by atoms with Gasteiger partial charge in [0.25, 0.3) is 5.19 Å². The number of rotatable bonds is 7. The predicted molar refractivity (Wildman–Crippen MR) is 119 cm³/mol. The molecule has 1 aliphatic heterocycles. The van der Waals surface area contributed by atoms with Crippen molar-refractivity contribution in [1.29, 1.82) is 0 Å². The highest BCUT2D eigenvalue weighted by molar-refractivity contribution is 7.20. The van der Waals surface area contributed by atoms with E-state index >= 15 is 0 Å². The summed E-state index contributed by atoms with van der Waals surface area (Å²) in [6.07, 6.45) is 3.51. The Kier molecular flexibility index (Phi) is 4.79. The molecular formula is C22H23N5O3S. The summed E-state index contributed by atoms with van der Waals surface area (Å²) in [6, 6.07) is 9.30. The fraction of sp³-hybridized carbons (Fsp3) is 0.318. The summed E-state index contributed by atoms with van der Waals surface area (Å²) in [7, 11) is 0. The smallest absolute Gasteiger partial charge is 0.314 e. The van der Waals surface area contributed by atoms with E-state index in [-0.39, 0.29) is 11.6 Å². The van der Waals surface area contributed by atoms with Crippen LogP contribution in [0.1, 0.15) is 19.4 Å². The minimum Gasteiger partial charge on any atom is -0.464 e. The van der Waals surface area contributed by atoms with Crippen molar-refractivity contribution in [2.75, 3.05) is 19.6 Å². The van der Waals surface area contributed by atoms with E-state index in [4.69, 9.17) is 14.9 Å². The molecule has 2 N–H and O–H groups in total. The Morgan fingerprint density at radius 1 is 1.42 bits per heavy atom. The zero-order valence-corrected chi connectivity index (χ0v) is 18.2. The van der Waals surface area contributed by atoms with Gasteiger partial charge >= 0.3 is 6.03 Å². The average Bonchev–Trinajstić information content (AvgIpc) is 3.05. The SMILES string of the molecule is CCN(CC1(C)CN1Cc1coc2cc(Oc3nc4ncccc4s3)ccc12)C(N)=O.